The highest BCUT2D eigenvalue weighted by Gasteiger charge is 2.22. The normalized spacial score (nSPS) is 10.8. The summed E-state index contributed by atoms with van der Waals surface area (Å²) < 4.78 is 0. The first kappa shape index (κ1) is 11.4. The first-order valence-corrected chi connectivity index (χ1v) is 7.95. The first-order valence-electron chi connectivity index (χ1n) is 4.45. The molecule has 0 saturated heterocycles. The predicted octanol–water partition coefficient (Wildman–Crippen LogP) is 2.63. The molecule has 0 N–H and O–H groups in total. The largest absolute Gasteiger partial charge is 0.305 e. The molecule has 0 unspecified atom stereocenters. The van der Waals surface area contributed by atoms with Crippen molar-refractivity contribution in [3.05, 3.63) is 0 Å². The maximum Gasteiger partial charge on any atom is 0.123 e. The zero-order valence-corrected chi connectivity index (χ0v) is 9.31. The Hall–Kier alpha value is -0.553. The third kappa shape index (κ3) is 5.14. The predicted molar refractivity (Wildman–Crippen MR) is 55.7 cm³/mol. The fraction of sp³-hybridized carbons (Fsp3) is 0.700. The van der Waals surface area contributed by atoms with E-state index in [0.717, 1.165) is 25.7 Å². The minimum atomic E-state index is -1.51. The van der Waals surface area contributed by atoms with Crippen molar-refractivity contribution in [2.45, 2.75) is 45.3 Å². The van der Waals surface area contributed by atoms with Crippen LogP contribution in [0.5, 0.6) is 0 Å². The molecular weight excluding hydrogens is 164 g/mol. The summed E-state index contributed by atoms with van der Waals surface area (Å²) in [6.45, 7) is 6.28. The van der Waals surface area contributed by atoms with Crippen LogP contribution in [0.2, 0.25) is 19.6 Å². The fourth-order valence-electron chi connectivity index (χ4n) is 0.888. The minimum Gasteiger partial charge on any atom is -0.305 e. The van der Waals surface area contributed by atoms with Crippen LogP contribution in [0.15, 0.2) is 0 Å². The molecule has 0 aliphatic rings. The fourth-order valence-corrected chi connectivity index (χ4v) is 1.81. The quantitative estimate of drug-likeness (QED) is 0.363. The van der Waals surface area contributed by atoms with Gasteiger partial charge in [0.1, 0.15) is 13.5 Å². The molecule has 0 heterocycles. The first-order chi connectivity index (χ1) is 5.48. The molecule has 12 heavy (non-hydrogen) atoms. The van der Waals surface area contributed by atoms with E-state index < -0.39 is 8.07 Å². The van der Waals surface area contributed by atoms with Gasteiger partial charge in [-0.2, -0.15) is 0 Å². The van der Waals surface area contributed by atoms with Gasteiger partial charge in [-0.3, -0.25) is 0 Å². The van der Waals surface area contributed by atoms with E-state index in [1.807, 2.05) is 0 Å². The van der Waals surface area contributed by atoms with Gasteiger partial charge in [0.2, 0.25) is 0 Å². The molecule has 0 aliphatic heterocycles. The van der Waals surface area contributed by atoms with Crippen LogP contribution in [0.4, 0.5) is 0 Å². The Morgan fingerprint density at radius 2 is 1.92 bits per heavy atom. The van der Waals surface area contributed by atoms with E-state index in [-0.39, 0.29) is 0 Å². The summed E-state index contributed by atoms with van der Waals surface area (Å²) in [5.41, 5.74) is 0. The maximum absolute atomic E-state index is 11.4. The average Bonchev–Trinajstić information content (AvgIpc) is 1.96. The van der Waals surface area contributed by atoms with Gasteiger partial charge in [0.15, 0.2) is 0 Å². The number of hydrogen-bond acceptors (Lipinski definition) is 1. The third-order valence-electron chi connectivity index (χ3n) is 1.81. The molecule has 68 valence electrons. The van der Waals surface area contributed by atoms with Crippen molar-refractivity contribution < 1.29 is 4.79 Å². The number of rotatable bonds is 5. The van der Waals surface area contributed by atoms with Crippen molar-refractivity contribution in [3.8, 4) is 12.3 Å². The molecule has 2 heteroatoms. The number of unbranched alkanes of at least 4 members (excludes halogenated alkanes) is 2. The van der Waals surface area contributed by atoms with Crippen molar-refractivity contribution in [1.82, 2.24) is 0 Å². The lowest BCUT2D eigenvalue weighted by Gasteiger charge is -2.13. The number of terminal acetylenes is 1. The molecule has 0 atom stereocenters. The zero-order chi connectivity index (χ0) is 9.61. The molecule has 0 bridgehead atoms. The number of carbonyl (C=O) groups is 1. The van der Waals surface area contributed by atoms with Gasteiger partial charge in [-0.05, 0) is 12.8 Å². The molecule has 0 aliphatic carbocycles. The Kier molecular flexibility index (Phi) is 4.92. The molecule has 0 aromatic heterocycles. The second-order valence-electron chi connectivity index (χ2n) is 4.08. The Morgan fingerprint density at radius 1 is 1.33 bits per heavy atom. The monoisotopic (exact) mass is 182 g/mol. The second kappa shape index (κ2) is 5.16. The van der Waals surface area contributed by atoms with Gasteiger partial charge in [-0.1, -0.05) is 19.6 Å². The van der Waals surface area contributed by atoms with Gasteiger partial charge in [0.05, 0.1) is 0 Å². The lowest BCUT2D eigenvalue weighted by molar-refractivity contribution is -0.112. The highest BCUT2D eigenvalue weighted by Crippen LogP contribution is 2.09. The van der Waals surface area contributed by atoms with Crippen LogP contribution in [0, 0.1) is 12.3 Å². The van der Waals surface area contributed by atoms with E-state index in [1.54, 1.807) is 0 Å². The molecule has 0 aromatic carbocycles. The maximum atomic E-state index is 11.4. The Bertz CT molecular complexity index is 183. The van der Waals surface area contributed by atoms with E-state index in [9.17, 15) is 4.79 Å². The van der Waals surface area contributed by atoms with Gasteiger partial charge in [-0.15, -0.1) is 12.3 Å². The number of carbonyl (C=O) groups excluding carboxylic acids is 1. The molecular formula is C10H18OSi. The Balaban J connectivity index is 3.53. The van der Waals surface area contributed by atoms with Crippen molar-refractivity contribution in [2.75, 3.05) is 0 Å². The molecule has 0 aromatic rings. The topological polar surface area (TPSA) is 17.1 Å². The zero-order valence-electron chi connectivity index (χ0n) is 8.31. The van der Waals surface area contributed by atoms with Crippen molar-refractivity contribution in [3.63, 3.8) is 0 Å². The van der Waals surface area contributed by atoms with Crippen LogP contribution in [0.25, 0.3) is 0 Å². The van der Waals surface area contributed by atoms with Crippen molar-refractivity contribution >= 4 is 13.5 Å². The Labute approximate surface area is 76.6 Å². The molecule has 0 amide bonds. The highest BCUT2D eigenvalue weighted by molar-refractivity contribution is 7.03. The van der Waals surface area contributed by atoms with Gasteiger partial charge in [0.25, 0.3) is 0 Å². The van der Waals surface area contributed by atoms with Gasteiger partial charge < -0.3 is 4.79 Å². The van der Waals surface area contributed by atoms with E-state index in [0.29, 0.717) is 5.41 Å². The summed E-state index contributed by atoms with van der Waals surface area (Å²) in [4.78, 5) is 11.4. The van der Waals surface area contributed by atoms with Gasteiger partial charge >= 0.3 is 0 Å². The van der Waals surface area contributed by atoms with E-state index in [1.165, 1.54) is 0 Å². The standard InChI is InChI=1S/C10H18OSi/c1-5-6-7-8-9-10(11)12(2,3)4/h1H,6-9H2,2-4H3. The lowest BCUT2D eigenvalue weighted by Crippen LogP contribution is -2.32. The van der Waals surface area contributed by atoms with E-state index >= 15 is 0 Å². The molecule has 0 saturated carbocycles. The van der Waals surface area contributed by atoms with Gasteiger partial charge in [-0.25, -0.2) is 0 Å². The third-order valence-corrected chi connectivity index (χ3v) is 3.73. The van der Waals surface area contributed by atoms with Crippen LogP contribution >= 0.6 is 0 Å². The van der Waals surface area contributed by atoms with Crippen LogP contribution in [-0.4, -0.2) is 13.5 Å². The minimum absolute atomic E-state index is 0.472. The highest BCUT2D eigenvalue weighted by atomic mass is 28.3. The summed E-state index contributed by atoms with van der Waals surface area (Å²) in [5, 5.41) is 0.472. The van der Waals surface area contributed by atoms with Crippen LogP contribution < -0.4 is 0 Å². The summed E-state index contributed by atoms with van der Waals surface area (Å²) in [7, 11) is -1.51. The average molecular weight is 182 g/mol. The van der Waals surface area contributed by atoms with E-state index in [2.05, 4.69) is 25.6 Å². The summed E-state index contributed by atoms with van der Waals surface area (Å²) in [6, 6.07) is 0. The van der Waals surface area contributed by atoms with Crippen LogP contribution in [-0.2, 0) is 4.79 Å². The molecule has 0 spiro atoms. The van der Waals surface area contributed by atoms with Gasteiger partial charge in [0, 0.05) is 12.8 Å². The SMILES string of the molecule is C#CCCCCC(=O)[Si](C)(C)C. The lowest BCUT2D eigenvalue weighted by atomic mass is 10.2. The summed E-state index contributed by atoms with van der Waals surface area (Å²) >= 11 is 0. The van der Waals surface area contributed by atoms with Crippen LogP contribution in [0.1, 0.15) is 25.7 Å². The van der Waals surface area contributed by atoms with Crippen molar-refractivity contribution in [1.29, 1.82) is 0 Å². The number of hydrogen-bond donors (Lipinski definition) is 0. The summed E-state index contributed by atoms with van der Waals surface area (Å²) in [6.07, 6.45) is 8.60. The second-order valence-corrected chi connectivity index (χ2v) is 9.14. The molecule has 0 radical (unpaired) electrons. The molecule has 0 rings (SSSR count). The molecule has 1 nitrogen and oxygen atoms in total. The molecule has 0 fully saturated rings. The Morgan fingerprint density at radius 3 is 2.33 bits per heavy atom. The smallest absolute Gasteiger partial charge is 0.123 e. The van der Waals surface area contributed by atoms with Crippen molar-refractivity contribution in [2.24, 2.45) is 0 Å². The summed E-state index contributed by atoms with van der Waals surface area (Å²) in [5.74, 6) is 2.58. The van der Waals surface area contributed by atoms with E-state index in [4.69, 9.17) is 6.42 Å². The van der Waals surface area contributed by atoms with Crippen LogP contribution in [0.3, 0.4) is 0 Å².